The molecule has 2 aromatic carbocycles. The number of fused-ring (bicyclic) bond motifs is 1. The third-order valence-corrected chi connectivity index (χ3v) is 4.09. The molecule has 0 fully saturated rings. The van der Waals surface area contributed by atoms with Crippen molar-refractivity contribution in [3.8, 4) is 5.75 Å². The third-order valence-electron chi connectivity index (χ3n) is 2.97. The molecule has 0 radical (unpaired) electrons. The smallest absolute Gasteiger partial charge is 0.406 e. The second-order valence-corrected chi connectivity index (χ2v) is 5.76. The molecule has 0 unspecified atom stereocenters. The molecule has 0 spiro atoms. The van der Waals surface area contributed by atoms with Gasteiger partial charge in [0.05, 0.1) is 4.88 Å². The highest BCUT2D eigenvalue weighted by molar-refractivity contribution is 7.20. The van der Waals surface area contributed by atoms with Gasteiger partial charge < -0.3 is 10.1 Å². The lowest BCUT2D eigenvalue weighted by Gasteiger charge is -2.10. The van der Waals surface area contributed by atoms with Crippen molar-refractivity contribution in [2.24, 2.45) is 0 Å². The number of halogens is 3. The summed E-state index contributed by atoms with van der Waals surface area (Å²) in [5.74, 6) is -0.762. The first kappa shape index (κ1) is 15.4. The lowest BCUT2D eigenvalue weighted by molar-refractivity contribution is -0.274. The Morgan fingerprint density at radius 1 is 1.04 bits per heavy atom. The minimum atomic E-state index is -4.77. The van der Waals surface area contributed by atoms with E-state index < -0.39 is 6.36 Å². The molecular formula is C16H10F3NO2S. The summed E-state index contributed by atoms with van der Waals surface area (Å²) in [5, 5.41) is 3.51. The van der Waals surface area contributed by atoms with Crippen LogP contribution in [0.2, 0.25) is 0 Å². The standard InChI is InChI=1S/C16H10F3NO2S/c17-16(18,19)22-12-6-3-5-11(9-12)20-15(21)14-8-10-4-1-2-7-13(10)23-14/h1-9H,(H,20,21). The van der Waals surface area contributed by atoms with Gasteiger partial charge in [-0.25, -0.2) is 0 Å². The minimum Gasteiger partial charge on any atom is -0.406 e. The van der Waals surface area contributed by atoms with Crippen molar-refractivity contribution in [1.29, 1.82) is 0 Å². The van der Waals surface area contributed by atoms with E-state index in [9.17, 15) is 18.0 Å². The van der Waals surface area contributed by atoms with E-state index in [0.29, 0.717) is 4.88 Å². The van der Waals surface area contributed by atoms with Gasteiger partial charge in [-0.05, 0) is 29.7 Å². The zero-order chi connectivity index (χ0) is 16.4. The predicted molar refractivity (Wildman–Crippen MR) is 82.9 cm³/mol. The summed E-state index contributed by atoms with van der Waals surface area (Å²) in [6.45, 7) is 0. The van der Waals surface area contributed by atoms with Gasteiger partial charge in [0.25, 0.3) is 5.91 Å². The van der Waals surface area contributed by atoms with Crippen molar-refractivity contribution < 1.29 is 22.7 Å². The van der Waals surface area contributed by atoms with Gasteiger partial charge in [0.15, 0.2) is 0 Å². The van der Waals surface area contributed by atoms with Gasteiger partial charge in [-0.1, -0.05) is 24.3 Å². The summed E-state index contributed by atoms with van der Waals surface area (Å²) in [6, 6.07) is 14.4. The van der Waals surface area contributed by atoms with Crippen LogP contribution in [0, 0.1) is 0 Å². The number of anilines is 1. The molecule has 0 aliphatic carbocycles. The van der Waals surface area contributed by atoms with Crippen LogP contribution < -0.4 is 10.1 Å². The first-order valence-corrected chi connectivity index (χ1v) is 7.38. The summed E-state index contributed by atoms with van der Waals surface area (Å²) in [4.78, 5) is 12.7. The number of benzene rings is 2. The number of nitrogens with one attached hydrogen (secondary N) is 1. The molecule has 1 heterocycles. The lowest BCUT2D eigenvalue weighted by atomic mass is 10.2. The maximum absolute atomic E-state index is 12.2. The van der Waals surface area contributed by atoms with E-state index in [0.717, 1.165) is 16.2 Å². The molecular weight excluding hydrogens is 327 g/mol. The third kappa shape index (κ3) is 3.81. The second-order valence-electron chi connectivity index (χ2n) is 4.68. The SMILES string of the molecule is O=C(Nc1cccc(OC(F)(F)F)c1)c1cc2ccccc2s1. The molecule has 3 nitrogen and oxygen atoms in total. The molecule has 0 atom stereocenters. The van der Waals surface area contributed by atoms with Crippen LogP contribution >= 0.6 is 11.3 Å². The number of thiophene rings is 1. The average Bonchev–Trinajstić information content (AvgIpc) is 2.90. The molecule has 1 aromatic heterocycles. The van der Waals surface area contributed by atoms with Crippen LogP contribution in [-0.4, -0.2) is 12.3 Å². The quantitative estimate of drug-likeness (QED) is 0.726. The van der Waals surface area contributed by atoms with Gasteiger partial charge in [-0.3, -0.25) is 4.79 Å². The number of ether oxygens (including phenoxy) is 1. The van der Waals surface area contributed by atoms with E-state index in [1.165, 1.54) is 29.5 Å². The molecule has 3 rings (SSSR count). The maximum atomic E-state index is 12.2. The normalized spacial score (nSPS) is 11.4. The first-order valence-electron chi connectivity index (χ1n) is 6.56. The van der Waals surface area contributed by atoms with Crippen molar-refractivity contribution in [2.45, 2.75) is 6.36 Å². The summed E-state index contributed by atoms with van der Waals surface area (Å²) in [7, 11) is 0. The fourth-order valence-electron chi connectivity index (χ4n) is 2.06. The van der Waals surface area contributed by atoms with Crippen molar-refractivity contribution in [3.05, 3.63) is 59.5 Å². The van der Waals surface area contributed by atoms with Crippen LogP contribution in [0.25, 0.3) is 10.1 Å². The van der Waals surface area contributed by atoms with Crippen molar-refractivity contribution >= 4 is 33.0 Å². The van der Waals surface area contributed by atoms with E-state index in [4.69, 9.17) is 0 Å². The highest BCUT2D eigenvalue weighted by atomic mass is 32.1. The molecule has 23 heavy (non-hydrogen) atoms. The van der Waals surface area contributed by atoms with Crippen LogP contribution in [0.1, 0.15) is 9.67 Å². The van der Waals surface area contributed by atoms with Crippen molar-refractivity contribution in [1.82, 2.24) is 0 Å². The van der Waals surface area contributed by atoms with E-state index in [1.807, 2.05) is 24.3 Å². The van der Waals surface area contributed by atoms with Crippen LogP contribution in [0.3, 0.4) is 0 Å². The predicted octanol–water partition coefficient (Wildman–Crippen LogP) is 5.05. The Balaban J connectivity index is 1.78. The Labute approximate surface area is 133 Å². The first-order chi connectivity index (χ1) is 10.9. The fourth-order valence-corrected chi connectivity index (χ4v) is 3.02. The number of carbonyl (C=O) groups excluding carboxylic acids is 1. The second kappa shape index (κ2) is 5.92. The Hall–Kier alpha value is -2.54. The summed E-state index contributed by atoms with van der Waals surface area (Å²) >= 11 is 1.32. The van der Waals surface area contributed by atoms with E-state index >= 15 is 0 Å². The number of rotatable bonds is 3. The number of carbonyl (C=O) groups is 1. The van der Waals surface area contributed by atoms with Crippen molar-refractivity contribution in [2.75, 3.05) is 5.32 Å². The van der Waals surface area contributed by atoms with Crippen molar-refractivity contribution in [3.63, 3.8) is 0 Å². The average molecular weight is 337 g/mol. The highest BCUT2D eigenvalue weighted by Gasteiger charge is 2.31. The van der Waals surface area contributed by atoms with Crippen LogP contribution in [0.4, 0.5) is 18.9 Å². The van der Waals surface area contributed by atoms with Gasteiger partial charge >= 0.3 is 6.36 Å². The molecule has 0 aliphatic heterocycles. The van der Waals surface area contributed by atoms with E-state index in [2.05, 4.69) is 10.1 Å². The lowest BCUT2D eigenvalue weighted by Crippen LogP contribution is -2.17. The Morgan fingerprint density at radius 3 is 2.57 bits per heavy atom. The number of amides is 1. The topological polar surface area (TPSA) is 38.3 Å². The molecule has 118 valence electrons. The van der Waals surface area contributed by atoms with Gasteiger partial charge in [-0.2, -0.15) is 0 Å². The molecule has 0 saturated carbocycles. The fraction of sp³-hybridized carbons (Fsp3) is 0.0625. The maximum Gasteiger partial charge on any atom is 0.573 e. The molecule has 0 saturated heterocycles. The highest BCUT2D eigenvalue weighted by Crippen LogP contribution is 2.28. The largest absolute Gasteiger partial charge is 0.573 e. The van der Waals surface area contributed by atoms with Gasteiger partial charge in [0.2, 0.25) is 0 Å². The molecule has 1 amide bonds. The summed E-state index contributed by atoms with van der Waals surface area (Å²) in [6.07, 6.45) is -4.77. The zero-order valence-electron chi connectivity index (χ0n) is 11.6. The van der Waals surface area contributed by atoms with E-state index in [1.54, 1.807) is 6.07 Å². The van der Waals surface area contributed by atoms with Crippen LogP contribution in [0.5, 0.6) is 5.75 Å². The Morgan fingerprint density at radius 2 is 1.83 bits per heavy atom. The van der Waals surface area contributed by atoms with Crippen LogP contribution in [0.15, 0.2) is 54.6 Å². The Kier molecular flexibility index (Phi) is 3.96. The van der Waals surface area contributed by atoms with Gasteiger partial charge in [0.1, 0.15) is 5.75 Å². The summed E-state index contributed by atoms with van der Waals surface area (Å²) < 4.78 is 41.4. The number of hydrogen-bond donors (Lipinski definition) is 1. The molecule has 7 heteroatoms. The summed E-state index contributed by atoms with van der Waals surface area (Å²) in [5.41, 5.74) is 0.231. The molecule has 0 aliphatic rings. The van der Waals surface area contributed by atoms with E-state index in [-0.39, 0.29) is 17.3 Å². The zero-order valence-corrected chi connectivity index (χ0v) is 12.4. The molecule has 1 N–H and O–H groups in total. The minimum absolute atomic E-state index is 0.231. The molecule has 0 bridgehead atoms. The molecule has 3 aromatic rings. The Bertz CT molecular complexity index is 825. The number of hydrogen-bond acceptors (Lipinski definition) is 3. The van der Waals surface area contributed by atoms with Crippen LogP contribution in [-0.2, 0) is 0 Å². The monoisotopic (exact) mass is 337 g/mol. The van der Waals surface area contributed by atoms with Gasteiger partial charge in [-0.15, -0.1) is 24.5 Å². The van der Waals surface area contributed by atoms with Gasteiger partial charge in [0, 0.05) is 16.5 Å². The number of alkyl halides is 3.